The number of urea groups is 1. The van der Waals surface area contributed by atoms with Gasteiger partial charge in [0.25, 0.3) is 0 Å². The SMILES string of the molecule is Cc1nn(-c2ccccc2)c(C)c1CNC(=O)NC1CCN(C(=O)OC(C)(C)C)CC1. The standard InChI is InChI=1S/C23H33N5O3/c1-16-20(17(2)28(26-16)19-9-7-6-8-10-19)15-24-21(29)25-18-11-13-27(14-12-18)22(30)31-23(3,4)5/h6-10,18H,11-15H2,1-5H3,(H2,24,25,29). The van der Waals surface area contributed by atoms with Gasteiger partial charge >= 0.3 is 12.1 Å². The topological polar surface area (TPSA) is 88.5 Å². The number of rotatable bonds is 4. The molecule has 1 aromatic carbocycles. The fourth-order valence-electron chi connectivity index (χ4n) is 3.69. The molecule has 1 saturated heterocycles. The smallest absolute Gasteiger partial charge is 0.410 e. The van der Waals surface area contributed by atoms with E-state index in [0.29, 0.717) is 32.5 Å². The predicted molar refractivity (Wildman–Crippen MR) is 119 cm³/mol. The molecule has 0 aliphatic carbocycles. The van der Waals surface area contributed by atoms with Crippen molar-refractivity contribution in [2.24, 2.45) is 0 Å². The summed E-state index contributed by atoms with van der Waals surface area (Å²) in [5.41, 5.74) is 3.41. The zero-order valence-corrected chi connectivity index (χ0v) is 19.1. The second-order valence-corrected chi connectivity index (χ2v) is 8.97. The number of aryl methyl sites for hydroxylation is 1. The van der Waals surface area contributed by atoms with Crippen molar-refractivity contribution in [2.75, 3.05) is 13.1 Å². The molecule has 31 heavy (non-hydrogen) atoms. The fourth-order valence-corrected chi connectivity index (χ4v) is 3.69. The molecule has 168 valence electrons. The number of carbonyl (C=O) groups excluding carboxylic acids is 2. The number of piperidine rings is 1. The second-order valence-electron chi connectivity index (χ2n) is 8.97. The molecule has 2 N–H and O–H groups in total. The van der Waals surface area contributed by atoms with E-state index < -0.39 is 5.60 Å². The second kappa shape index (κ2) is 9.41. The number of carbonyl (C=O) groups is 2. The first-order valence-electron chi connectivity index (χ1n) is 10.8. The van der Waals surface area contributed by atoms with Gasteiger partial charge in [0.1, 0.15) is 5.60 Å². The number of amides is 3. The molecule has 0 atom stereocenters. The highest BCUT2D eigenvalue weighted by molar-refractivity contribution is 5.74. The maximum absolute atomic E-state index is 12.4. The maximum atomic E-state index is 12.4. The molecule has 0 bridgehead atoms. The van der Waals surface area contributed by atoms with Crippen LogP contribution in [0, 0.1) is 13.8 Å². The van der Waals surface area contributed by atoms with E-state index in [9.17, 15) is 9.59 Å². The van der Waals surface area contributed by atoms with Crippen LogP contribution >= 0.6 is 0 Å². The minimum absolute atomic E-state index is 0.0351. The molecule has 1 aliphatic rings. The summed E-state index contributed by atoms with van der Waals surface area (Å²) in [6.07, 6.45) is 1.12. The zero-order chi connectivity index (χ0) is 22.6. The Balaban J connectivity index is 1.48. The van der Waals surface area contributed by atoms with Gasteiger partial charge in [-0.15, -0.1) is 0 Å². The Hall–Kier alpha value is -3.03. The summed E-state index contributed by atoms with van der Waals surface area (Å²) in [4.78, 5) is 26.3. The monoisotopic (exact) mass is 427 g/mol. The average molecular weight is 428 g/mol. The summed E-state index contributed by atoms with van der Waals surface area (Å²) in [6.45, 7) is 11.1. The first kappa shape index (κ1) is 22.7. The summed E-state index contributed by atoms with van der Waals surface area (Å²) in [7, 11) is 0. The van der Waals surface area contributed by atoms with E-state index in [4.69, 9.17) is 4.74 Å². The van der Waals surface area contributed by atoms with Crippen LogP contribution in [0.25, 0.3) is 5.69 Å². The highest BCUT2D eigenvalue weighted by Crippen LogP contribution is 2.18. The number of aromatic nitrogens is 2. The lowest BCUT2D eigenvalue weighted by Gasteiger charge is -2.33. The largest absolute Gasteiger partial charge is 0.444 e. The highest BCUT2D eigenvalue weighted by atomic mass is 16.6. The van der Waals surface area contributed by atoms with E-state index >= 15 is 0 Å². The van der Waals surface area contributed by atoms with E-state index in [1.54, 1.807) is 4.90 Å². The summed E-state index contributed by atoms with van der Waals surface area (Å²) in [5, 5.41) is 10.6. The molecular weight excluding hydrogens is 394 g/mol. The third-order valence-electron chi connectivity index (χ3n) is 5.35. The third kappa shape index (κ3) is 5.99. The highest BCUT2D eigenvalue weighted by Gasteiger charge is 2.27. The van der Waals surface area contributed by atoms with E-state index in [0.717, 1.165) is 22.6 Å². The van der Waals surface area contributed by atoms with Crippen molar-refractivity contribution < 1.29 is 14.3 Å². The predicted octanol–water partition coefficient (Wildman–Crippen LogP) is 3.69. The van der Waals surface area contributed by atoms with Gasteiger partial charge in [0.2, 0.25) is 0 Å². The van der Waals surface area contributed by atoms with Crippen LogP contribution in [0.15, 0.2) is 30.3 Å². The zero-order valence-electron chi connectivity index (χ0n) is 19.1. The van der Waals surface area contributed by atoms with Gasteiger partial charge < -0.3 is 20.3 Å². The number of nitrogens with zero attached hydrogens (tertiary/aromatic N) is 3. The van der Waals surface area contributed by atoms with Gasteiger partial charge in [-0.1, -0.05) is 18.2 Å². The van der Waals surface area contributed by atoms with Crippen molar-refractivity contribution in [2.45, 2.75) is 65.6 Å². The molecule has 0 radical (unpaired) electrons. The van der Waals surface area contributed by atoms with Gasteiger partial charge in [-0.3, -0.25) is 0 Å². The minimum atomic E-state index is -0.503. The molecule has 2 heterocycles. The molecule has 3 amide bonds. The van der Waals surface area contributed by atoms with Gasteiger partial charge in [-0.25, -0.2) is 14.3 Å². The van der Waals surface area contributed by atoms with Crippen molar-refractivity contribution in [3.63, 3.8) is 0 Å². The van der Waals surface area contributed by atoms with Gasteiger partial charge in [0, 0.05) is 36.9 Å². The van der Waals surface area contributed by atoms with Crippen LogP contribution in [0.3, 0.4) is 0 Å². The van der Waals surface area contributed by atoms with Gasteiger partial charge in [0.05, 0.1) is 11.4 Å². The van der Waals surface area contributed by atoms with Gasteiger partial charge in [0.15, 0.2) is 0 Å². The number of nitrogens with one attached hydrogen (secondary N) is 2. The van der Waals surface area contributed by atoms with Gasteiger partial charge in [-0.2, -0.15) is 5.10 Å². The molecule has 1 fully saturated rings. The lowest BCUT2D eigenvalue weighted by Crippen LogP contribution is -2.49. The Kier molecular flexibility index (Phi) is 6.87. The summed E-state index contributed by atoms with van der Waals surface area (Å²) < 4.78 is 7.32. The molecular formula is C23H33N5O3. The normalized spacial score (nSPS) is 14.9. The molecule has 8 heteroatoms. The Morgan fingerprint density at radius 2 is 1.77 bits per heavy atom. The van der Waals surface area contributed by atoms with E-state index in [1.807, 2.05) is 69.6 Å². The Morgan fingerprint density at radius 3 is 2.39 bits per heavy atom. The van der Waals surface area contributed by atoms with Crippen LogP contribution < -0.4 is 10.6 Å². The first-order chi connectivity index (χ1) is 14.6. The molecule has 1 aliphatic heterocycles. The maximum Gasteiger partial charge on any atom is 0.410 e. The molecule has 0 saturated carbocycles. The van der Waals surface area contributed by atoms with Crippen molar-refractivity contribution in [1.82, 2.24) is 25.3 Å². The first-order valence-corrected chi connectivity index (χ1v) is 10.8. The van der Waals surface area contributed by atoms with Crippen LogP contribution in [0.2, 0.25) is 0 Å². The van der Waals surface area contributed by atoms with Crippen LogP contribution in [0.4, 0.5) is 9.59 Å². The van der Waals surface area contributed by atoms with Crippen molar-refractivity contribution in [3.8, 4) is 5.69 Å². The molecule has 2 aromatic rings. The van der Waals surface area contributed by atoms with Crippen LogP contribution in [0.1, 0.15) is 50.6 Å². The third-order valence-corrected chi connectivity index (χ3v) is 5.35. The Morgan fingerprint density at radius 1 is 1.13 bits per heavy atom. The lowest BCUT2D eigenvalue weighted by molar-refractivity contribution is 0.0201. The van der Waals surface area contributed by atoms with Crippen molar-refractivity contribution in [3.05, 3.63) is 47.3 Å². The van der Waals surface area contributed by atoms with Crippen molar-refractivity contribution in [1.29, 1.82) is 0 Å². The number of ether oxygens (including phenoxy) is 1. The summed E-state index contributed by atoms with van der Waals surface area (Å²) >= 11 is 0. The molecule has 3 rings (SSSR count). The lowest BCUT2D eigenvalue weighted by atomic mass is 10.1. The van der Waals surface area contributed by atoms with Crippen molar-refractivity contribution >= 4 is 12.1 Å². The molecule has 8 nitrogen and oxygen atoms in total. The average Bonchev–Trinajstić information content (AvgIpc) is 3.00. The summed E-state index contributed by atoms with van der Waals surface area (Å²) in [6, 6.07) is 9.77. The number of hydrogen-bond acceptors (Lipinski definition) is 4. The Labute approximate surface area is 183 Å². The van der Waals surface area contributed by atoms with Crippen LogP contribution in [-0.2, 0) is 11.3 Å². The summed E-state index contributed by atoms with van der Waals surface area (Å²) in [5.74, 6) is 0. The number of likely N-dealkylation sites (tertiary alicyclic amines) is 1. The Bertz CT molecular complexity index is 909. The fraction of sp³-hybridized carbons (Fsp3) is 0.522. The van der Waals surface area contributed by atoms with E-state index in [1.165, 1.54) is 0 Å². The van der Waals surface area contributed by atoms with Crippen LogP contribution in [-0.4, -0.2) is 51.5 Å². The quantitative estimate of drug-likeness (QED) is 0.779. The van der Waals surface area contributed by atoms with E-state index in [2.05, 4.69) is 15.7 Å². The molecule has 0 unspecified atom stereocenters. The molecule has 0 spiro atoms. The number of hydrogen-bond donors (Lipinski definition) is 2. The van der Waals surface area contributed by atoms with Crippen LogP contribution in [0.5, 0.6) is 0 Å². The number of para-hydroxylation sites is 1. The molecule has 1 aromatic heterocycles. The minimum Gasteiger partial charge on any atom is -0.444 e. The van der Waals surface area contributed by atoms with Gasteiger partial charge in [-0.05, 0) is 59.6 Å². The van der Waals surface area contributed by atoms with E-state index in [-0.39, 0.29) is 18.2 Å². The number of benzene rings is 1.